The van der Waals surface area contributed by atoms with Gasteiger partial charge in [0.05, 0.1) is 11.9 Å². The normalized spacial score (nSPS) is 12.3. The van der Waals surface area contributed by atoms with Crippen LogP contribution in [0.3, 0.4) is 0 Å². The van der Waals surface area contributed by atoms with Gasteiger partial charge in [-0.3, -0.25) is 9.36 Å². The van der Waals surface area contributed by atoms with Crippen LogP contribution < -0.4 is 10.3 Å². The zero-order valence-corrected chi connectivity index (χ0v) is 13.6. The molecule has 0 amide bonds. The van der Waals surface area contributed by atoms with Gasteiger partial charge < -0.3 is 9.84 Å². The highest BCUT2D eigenvalue weighted by Crippen LogP contribution is 2.16. The number of aromatic nitrogens is 3. The summed E-state index contributed by atoms with van der Waals surface area (Å²) in [5, 5.41) is 10.6. The van der Waals surface area contributed by atoms with Crippen LogP contribution >= 0.6 is 0 Å². The fourth-order valence-electron chi connectivity index (χ4n) is 2.62. The van der Waals surface area contributed by atoms with Gasteiger partial charge in [-0.15, -0.1) is 0 Å². The second-order valence-corrected chi connectivity index (χ2v) is 5.86. The Morgan fingerprint density at radius 3 is 2.71 bits per heavy atom. The Bertz CT molecular complexity index is 901. The van der Waals surface area contributed by atoms with E-state index in [-0.39, 0.29) is 18.7 Å². The topological polar surface area (TPSA) is 77.2 Å². The Morgan fingerprint density at radius 1 is 1.21 bits per heavy atom. The average molecular weight is 325 g/mol. The van der Waals surface area contributed by atoms with Gasteiger partial charge in [-0.2, -0.15) is 0 Å². The Balaban J connectivity index is 1.70. The highest BCUT2D eigenvalue weighted by molar-refractivity contribution is 5.72. The van der Waals surface area contributed by atoms with Crippen LogP contribution in [0.1, 0.15) is 11.1 Å². The zero-order chi connectivity index (χ0) is 17.1. The van der Waals surface area contributed by atoms with Crippen molar-refractivity contribution in [1.82, 2.24) is 14.5 Å². The van der Waals surface area contributed by atoms with Crippen LogP contribution in [0.25, 0.3) is 11.0 Å². The van der Waals surface area contributed by atoms with E-state index in [1.54, 1.807) is 18.3 Å². The van der Waals surface area contributed by atoms with E-state index >= 15 is 0 Å². The lowest BCUT2D eigenvalue weighted by molar-refractivity contribution is 0.0914. The first kappa shape index (κ1) is 16.1. The van der Waals surface area contributed by atoms with Crippen molar-refractivity contribution in [2.24, 2.45) is 0 Å². The van der Waals surface area contributed by atoms with E-state index in [0.717, 1.165) is 11.1 Å². The summed E-state index contributed by atoms with van der Waals surface area (Å²) in [7, 11) is 0. The van der Waals surface area contributed by atoms with Crippen molar-refractivity contribution in [3.05, 3.63) is 64.3 Å². The smallest absolute Gasteiger partial charge is 0.262 e. The molecule has 0 spiro atoms. The van der Waals surface area contributed by atoms with Crippen LogP contribution in [-0.4, -0.2) is 32.4 Å². The number of hydrogen-bond donors (Lipinski definition) is 1. The van der Waals surface area contributed by atoms with Crippen molar-refractivity contribution >= 4 is 11.0 Å². The third-order valence-electron chi connectivity index (χ3n) is 3.64. The average Bonchev–Trinajstić information content (AvgIpc) is 2.55. The number of nitrogens with zero attached hydrogens (tertiary/aromatic N) is 3. The van der Waals surface area contributed by atoms with Crippen molar-refractivity contribution in [3.8, 4) is 5.75 Å². The van der Waals surface area contributed by atoms with Crippen molar-refractivity contribution in [3.63, 3.8) is 0 Å². The third kappa shape index (κ3) is 3.60. The molecule has 124 valence electrons. The van der Waals surface area contributed by atoms with Crippen LogP contribution in [-0.2, 0) is 6.54 Å². The molecule has 1 N–H and O–H groups in total. The number of aliphatic hydroxyl groups is 1. The number of benzene rings is 1. The maximum atomic E-state index is 12.4. The van der Waals surface area contributed by atoms with Gasteiger partial charge in [0.25, 0.3) is 5.56 Å². The second-order valence-electron chi connectivity index (χ2n) is 5.86. The number of hydrogen-bond acceptors (Lipinski definition) is 5. The highest BCUT2D eigenvalue weighted by atomic mass is 16.5. The molecule has 6 nitrogen and oxygen atoms in total. The molecule has 1 unspecified atom stereocenters. The lowest BCUT2D eigenvalue weighted by atomic mass is 10.1. The van der Waals surface area contributed by atoms with Crippen LogP contribution in [0, 0.1) is 13.8 Å². The Kier molecular flexibility index (Phi) is 4.57. The summed E-state index contributed by atoms with van der Waals surface area (Å²) < 4.78 is 7.01. The second kappa shape index (κ2) is 6.80. The van der Waals surface area contributed by atoms with Crippen LogP contribution in [0.15, 0.2) is 47.7 Å². The van der Waals surface area contributed by atoms with E-state index in [1.165, 1.54) is 10.9 Å². The van der Waals surface area contributed by atoms with Crippen LogP contribution in [0.2, 0.25) is 0 Å². The third-order valence-corrected chi connectivity index (χ3v) is 3.64. The van der Waals surface area contributed by atoms with Crippen molar-refractivity contribution in [2.75, 3.05) is 6.61 Å². The molecule has 0 bridgehead atoms. The summed E-state index contributed by atoms with van der Waals surface area (Å²) in [5.41, 5.74) is 2.38. The molecule has 1 aromatic carbocycles. The van der Waals surface area contributed by atoms with Gasteiger partial charge in [-0.05, 0) is 49.2 Å². The molecular weight excluding hydrogens is 306 g/mol. The van der Waals surface area contributed by atoms with E-state index in [4.69, 9.17) is 4.74 Å². The Morgan fingerprint density at radius 2 is 1.96 bits per heavy atom. The van der Waals surface area contributed by atoms with Crippen molar-refractivity contribution in [2.45, 2.75) is 26.5 Å². The maximum Gasteiger partial charge on any atom is 0.262 e. The molecule has 2 aromatic heterocycles. The molecule has 6 heteroatoms. The van der Waals surface area contributed by atoms with E-state index < -0.39 is 6.10 Å². The van der Waals surface area contributed by atoms with Gasteiger partial charge in [-0.25, -0.2) is 9.97 Å². The molecule has 0 saturated carbocycles. The summed E-state index contributed by atoms with van der Waals surface area (Å²) >= 11 is 0. The van der Waals surface area contributed by atoms with Gasteiger partial charge in [0.1, 0.15) is 24.8 Å². The summed E-state index contributed by atoms with van der Waals surface area (Å²) in [6.07, 6.45) is 2.17. The fraction of sp³-hybridized carbons (Fsp3) is 0.278. The minimum atomic E-state index is -0.820. The predicted molar refractivity (Wildman–Crippen MR) is 91.2 cm³/mol. The van der Waals surface area contributed by atoms with Crippen LogP contribution in [0.5, 0.6) is 5.75 Å². The number of aliphatic hydroxyl groups excluding tert-OH is 1. The summed E-state index contributed by atoms with van der Waals surface area (Å²) in [6, 6.07) is 9.24. The summed E-state index contributed by atoms with van der Waals surface area (Å²) in [5.74, 6) is 0.708. The molecule has 0 aliphatic carbocycles. The van der Waals surface area contributed by atoms with Gasteiger partial charge in [0.15, 0.2) is 5.65 Å². The monoisotopic (exact) mass is 325 g/mol. The summed E-state index contributed by atoms with van der Waals surface area (Å²) in [6.45, 7) is 4.19. The maximum absolute atomic E-state index is 12.4. The van der Waals surface area contributed by atoms with E-state index in [2.05, 4.69) is 16.0 Å². The molecule has 0 fully saturated rings. The van der Waals surface area contributed by atoms with Gasteiger partial charge in [-0.1, -0.05) is 6.07 Å². The van der Waals surface area contributed by atoms with Gasteiger partial charge >= 0.3 is 0 Å². The van der Waals surface area contributed by atoms with Crippen LogP contribution in [0.4, 0.5) is 0 Å². The first-order valence-electron chi connectivity index (χ1n) is 7.72. The SMILES string of the molecule is Cc1cc(C)cc(OCC(O)Cn2cnc3ncccc3c2=O)c1. The van der Waals surface area contributed by atoms with Gasteiger partial charge in [0.2, 0.25) is 0 Å². The van der Waals surface area contributed by atoms with Gasteiger partial charge in [0, 0.05) is 6.20 Å². The molecule has 3 aromatic rings. The zero-order valence-electron chi connectivity index (χ0n) is 13.6. The Labute approximate surface area is 139 Å². The summed E-state index contributed by atoms with van der Waals surface area (Å²) in [4.78, 5) is 20.5. The minimum Gasteiger partial charge on any atom is -0.491 e. The number of aryl methyl sites for hydroxylation is 2. The van der Waals surface area contributed by atoms with E-state index in [1.807, 2.05) is 26.0 Å². The lowest BCUT2D eigenvalue weighted by Gasteiger charge is -2.14. The minimum absolute atomic E-state index is 0.0976. The fourth-order valence-corrected chi connectivity index (χ4v) is 2.62. The first-order chi connectivity index (χ1) is 11.5. The molecule has 1 atom stereocenters. The first-order valence-corrected chi connectivity index (χ1v) is 7.72. The van der Waals surface area contributed by atoms with E-state index in [0.29, 0.717) is 16.8 Å². The van der Waals surface area contributed by atoms with Crippen molar-refractivity contribution in [1.29, 1.82) is 0 Å². The number of fused-ring (bicyclic) bond motifs is 1. The largest absolute Gasteiger partial charge is 0.491 e. The molecule has 2 heterocycles. The quantitative estimate of drug-likeness (QED) is 0.774. The number of ether oxygens (including phenoxy) is 1. The lowest BCUT2D eigenvalue weighted by Crippen LogP contribution is -2.30. The number of pyridine rings is 1. The highest BCUT2D eigenvalue weighted by Gasteiger charge is 2.10. The molecule has 3 rings (SSSR count). The number of rotatable bonds is 5. The predicted octanol–water partition coefficient (Wildman–Crippen LogP) is 1.85. The molecule has 0 radical (unpaired) electrons. The molecule has 0 aliphatic rings. The molecule has 24 heavy (non-hydrogen) atoms. The Hall–Kier alpha value is -2.73. The molecule has 0 saturated heterocycles. The molecular formula is C18H19N3O3. The van der Waals surface area contributed by atoms with E-state index in [9.17, 15) is 9.90 Å². The van der Waals surface area contributed by atoms with Crippen molar-refractivity contribution < 1.29 is 9.84 Å². The standard InChI is InChI=1S/C18H19N3O3/c1-12-6-13(2)8-15(7-12)24-10-14(22)9-21-11-20-17-16(18(21)23)4-3-5-19-17/h3-8,11,14,22H,9-10H2,1-2H3. The molecule has 0 aliphatic heterocycles.